The molecule has 1 aliphatic rings. The van der Waals surface area contributed by atoms with Crippen molar-refractivity contribution < 1.29 is 14.3 Å². The molecule has 2 heterocycles. The van der Waals surface area contributed by atoms with Crippen LogP contribution < -0.4 is 5.56 Å². The fourth-order valence-electron chi connectivity index (χ4n) is 3.73. The second-order valence-electron chi connectivity index (χ2n) is 8.00. The van der Waals surface area contributed by atoms with Crippen molar-refractivity contribution in [2.45, 2.75) is 57.8 Å². The molecule has 7 nitrogen and oxygen atoms in total. The minimum absolute atomic E-state index is 0.0968. The molecule has 1 amide bonds. The maximum Gasteiger partial charge on any atom is 0.328 e. The highest BCUT2D eigenvalue weighted by molar-refractivity contribution is 7.99. The monoisotopic (exact) mass is 465 g/mol. The number of fused-ring (bicyclic) bond motifs is 1. The van der Waals surface area contributed by atoms with Crippen LogP contribution in [0.1, 0.15) is 40.0 Å². The SMILES string of the molecule is CCOC(=O)C1CCCCN1C(=O)CSc1nc2ccc(Cl)cc2c(=O)n1CC(C)C. The van der Waals surface area contributed by atoms with Crippen LogP contribution in [-0.4, -0.2) is 51.3 Å². The zero-order valence-corrected chi connectivity index (χ0v) is 19.7. The summed E-state index contributed by atoms with van der Waals surface area (Å²) in [7, 11) is 0. The Bertz CT molecular complexity index is 1020. The van der Waals surface area contributed by atoms with Gasteiger partial charge in [0.2, 0.25) is 5.91 Å². The van der Waals surface area contributed by atoms with Crippen molar-refractivity contribution in [1.29, 1.82) is 0 Å². The maximum absolute atomic E-state index is 13.1. The van der Waals surface area contributed by atoms with E-state index >= 15 is 0 Å². The number of amides is 1. The summed E-state index contributed by atoms with van der Waals surface area (Å²) in [5.41, 5.74) is 0.380. The molecular weight excluding hydrogens is 438 g/mol. The molecule has 3 rings (SSSR count). The van der Waals surface area contributed by atoms with Gasteiger partial charge >= 0.3 is 5.97 Å². The van der Waals surface area contributed by atoms with Crippen molar-refractivity contribution in [3.05, 3.63) is 33.6 Å². The van der Waals surface area contributed by atoms with Crippen molar-refractivity contribution in [3.8, 4) is 0 Å². The summed E-state index contributed by atoms with van der Waals surface area (Å²) in [6.45, 7) is 7.11. The first kappa shape index (κ1) is 23.6. The van der Waals surface area contributed by atoms with Crippen LogP contribution in [0.2, 0.25) is 5.02 Å². The van der Waals surface area contributed by atoms with Gasteiger partial charge in [0.1, 0.15) is 6.04 Å². The third-order valence-corrected chi connectivity index (χ3v) is 6.33. The highest BCUT2D eigenvalue weighted by atomic mass is 35.5. The molecule has 2 aromatic rings. The second kappa shape index (κ2) is 10.5. The van der Waals surface area contributed by atoms with E-state index in [0.717, 1.165) is 12.8 Å². The lowest BCUT2D eigenvalue weighted by atomic mass is 10.0. The van der Waals surface area contributed by atoms with E-state index in [1.807, 2.05) is 13.8 Å². The highest BCUT2D eigenvalue weighted by Crippen LogP contribution is 2.24. The van der Waals surface area contributed by atoms with Crippen molar-refractivity contribution >= 4 is 46.1 Å². The maximum atomic E-state index is 13.1. The number of esters is 1. The predicted octanol–water partition coefficient (Wildman–Crippen LogP) is 3.74. The van der Waals surface area contributed by atoms with Gasteiger partial charge in [-0.05, 0) is 50.3 Å². The molecule has 1 unspecified atom stereocenters. The van der Waals surface area contributed by atoms with E-state index in [4.69, 9.17) is 16.3 Å². The summed E-state index contributed by atoms with van der Waals surface area (Å²) in [6.07, 6.45) is 2.37. The lowest BCUT2D eigenvalue weighted by Crippen LogP contribution is -2.49. The second-order valence-corrected chi connectivity index (χ2v) is 9.38. The third kappa shape index (κ3) is 5.60. The smallest absolute Gasteiger partial charge is 0.328 e. The summed E-state index contributed by atoms with van der Waals surface area (Å²) in [5, 5.41) is 1.43. The average molecular weight is 466 g/mol. The molecule has 9 heteroatoms. The predicted molar refractivity (Wildman–Crippen MR) is 123 cm³/mol. The fourth-order valence-corrected chi connectivity index (χ4v) is 4.80. The van der Waals surface area contributed by atoms with Crippen LogP contribution in [-0.2, 0) is 20.9 Å². The summed E-state index contributed by atoms with van der Waals surface area (Å²) in [6, 6.07) is 4.50. The molecule has 0 bridgehead atoms. The number of nitrogens with zero attached hydrogens (tertiary/aromatic N) is 3. The van der Waals surface area contributed by atoms with Crippen LogP contribution in [0.4, 0.5) is 0 Å². The Labute approximate surface area is 191 Å². The molecule has 0 saturated carbocycles. The Morgan fingerprint density at radius 1 is 1.32 bits per heavy atom. The molecule has 31 heavy (non-hydrogen) atoms. The Hall–Kier alpha value is -2.06. The van der Waals surface area contributed by atoms with E-state index in [1.165, 1.54) is 11.8 Å². The molecule has 1 saturated heterocycles. The van der Waals surface area contributed by atoms with E-state index in [9.17, 15) is 14.4 Å². The number of carbonyl (C=O) groups excluding carboxylic acids is 2. The Morgan fingerprint density at radius 3 is 2.81 bits per heavy atom. The lowest BCUT2D eigenvalue weighted by molar-refractivity contribution is -0.155. The van der Waals surface area contributed by atoms with Gasteiger partial charge in [0, 0.05) is 18.1 Å². The Morgan fingerprint density at radius 2 is 2.10 bits per heavy atom. The number of likely N-dealkylation sites (tertiary alicyclic amines) is 1. The van der Waals surface area contributed by atoms with Gasteiger partial charge in [-0.2, -0.15) is 0 Å². The number of piperidine rings is 1. The molecule has 1 aromatic carbocycles. The normalized spacial score (nSPS) is 16.7. The number of aromatic nitrogens is 2. The average Bonchev–Trinajstić information content (AvgIpc) is 2.74. The number of rotatable bonds is 7. The molecule has 1 aromatic heterocycles. The summed E-state index contributed by atoms with van der Waals surface area (Å²) < 4.78 is 6.76. The summed E-state index contributed by atoms with van der Waals surface area (Å²) in [5.74, 6) is -0.178. The summed E-state index contributed by atoms with van der Waals surface area (Å²) >= 11 is 7.30. The van der Waals surface area contributed by atoms with Crippen LogP contribution in [0, 0.1) is 5.92 Å². The van der Waals surface area contributed by atoms with Gasteiger partial charge in [0.15, 0.2) is 5.16 Å². The number of carbonyl (C=O) groups is 2. The Kier molecular flexibility index (Phi) is 8.00. The van der Waals surface area contributed by atoms with Gasteiger partial charge < -0.3 is 9.64 Å². The minimum atomic E-state index is -0.536. The zero-order chi connectivity index (χ0) is 22.5. The first-order chi connectivity index (χ1) is 14.8. The van der Waals surface area contributed by atoms with Gasteiger partial charge in [-0.1, -0.05) is 37.2 Å². The number of ether oxygens (including phenoxy) is 1. The van der Waals surface area contributed by atoms with Crippen LogP contribution in [0.5, 0.6) is 0 Å². The molecule has 0 spiro atoms. The van der Waals surface area contributed by atoms with E-state index in [2.05, 4.69) is 4.98 Å². The van der Waals surface area contributed by atoms with E-state index in [1.54, 1.807) is 34.6 Å². The van der Waals surface area contributed by atoms with Crippen molar-refractivity contribution in [2.75, 3.05) is 18.9 Å². The number of hydrogen-bond acceptors (Lipinski definition) is 6. The molecule has 0 radical (unpaired) electrons. The fraction of sp³-hybridized carbons (Fsp3) is 0.545. The lowest BCUT2D eigenvalue weighted by Gasteiger charge is -2.34. The molecule has 168 valence electrons. The van der Waals surface area contributed by atoms with Gasteiger partial charge in [-0.15, -0.1) is 0 Å². The number of hydrogen-bond donors (Lipinski definition) is 0. The largest absolute Gasteiger partial charge is 0.464 e. The number of thioether (sulfide) groups is 1. The van der Waals surface area contributed by atoms with Crippen molar-refractivity contribution in [2.24, 2.45) is 5.92 Å². The highest BCUT2D eigenvalue weighted by Gasteiger charge is 2.33. The first-order valence-corrected chi connectivity index (χ1v) is 12.0. The molecule has 1 atom stereocenters. The Balaban J connectivity index is 1.85. The zero-order valence-electron chi connectivity index (χ0n) is 18.1. The molecule has 0 aliphatic carbocycles. The van der Waals surface area contributed by atoms with Crippen LogP contribution in [0.15, 0.2) is 28.2 Å². The molecule has 0 N–H and O–H groups in total. The molecule has 1 aliphatic heterocycles. The number of halogens is 1. The van der Waals surface area contributed by atoms with Crippen LogP contribution in [0.25, 0.3) is 10.9 Å². The van der Waals surface area contributed by atoms with Gasteiger partial charge in [-0.25, -0.2) is 9.78 Å². The first-order valence-electron chi connectivity index (χ1n) is 10.6. The minimum Gasteiger partial charge on any atom is -0.464 e. The summed E-state index contributed by atoms with van der Waals surface area (Å²) in [4.78, 5) is 44.6. The van der Waals surface area contributed by atoms with E-state index < -0.39 is 6.04 Å². The molecule has 1 fully saturated rings. The quantitative estimate of drug-likeness (QED) is 0.352. The van der Waals surface area contributed by atoms with Crippen LogP contribution >= 0.6 is 23.4 Å². The van der Waals surface area contributed by atoms with E-state index in [-0.39, 0.29) is 29.1 Å². The third-order valence-electron chi connectivity index (χ3n) is 5.14. The van der Waals surface area contributed by atoms with Gasteiger partial charge in [0.05, 0.1) is 23.3 Å². The van der Waals surface area contributed by atoms with Crippen molar-refractivity contribution in [3.63, 3.8) is 0 Å². The van der Waals surface area contributed by atoms with E-state index in [0.29, 0.717) is 47.2 Å². The van der Waals surface area contributed by atoms with Crippen LogP contribution in [0.3, 0.4) is 0 Å². The van der Waals surface area contributed by atoms with Gasteiger partial charge in [0.25, 0.3) is 5.56 Å². The molecular formula is C22H28ClN3O4S. The van der Waals surface area contributed by atoms with Crippen molar-refractivity contribution in [1.82, 2.24) is 14.5 Å². The van der Waals surface area contributed by atoms with Gasteiger partial charge in [-0.3, -0.25) is 14.2 Å². The standard InChI is InChI=1S/C22H28ClN3O4S/c1-4-30-21(29)18-7-5-6-10-25(18)19(27)13-31-22-24-17-9-8-15(23)11-16(17)20(28)26(22)12-14(2)3/h8-9,11,14,18H,4-7,10,12-13H2,1-3H3. The number of benzene rings is 1. The topological polar surface area (TPSA) is 81.5 Å².